The average molecular weight is 461 g/mol. The van der Waals surface area contributed by atoms with E-state index in [2.05, 4.69) is 21.8 Å². The Bertz CT molecular complexity index is 1050. The quantitative estimate of drug-likeness (QED) is 0.661. The summed E-state index contributed by atoms with van der Waals surface area (Å²) in [4.78, 5) is 26.2. The maximum Gasteiger partial charge on any atom is 0.330 e. The molecule has 0 aliphatic carbocycles. The standard InChI is InChI=1S/C22H28N3O6P/c1-3-16-19(20(28-2)21(29-16)24-13-11-17(26)23-22(24)27)31-32-25-12-7-10-15(25)18(30-32)14-8-5-4-6-9-14/h4-6,8-9,11,13,15-16,18-21H,3,7,10,12H2,1-2H3,(H,23,26,27)/t15-,16-,18+,19+,20?,21-,32+/m1/s1. The number of fused-ring (bicyclic) bond motifs is 1. The molecule has 0 radical (unpaired) electrons. The van der Waals surface area contributed by atoms with Gasteiger partial charge in [0.25, 0.3) is 14.1 Å². The molecule has 1 unspecified atom stereocenters. The van der Waals surface area contributed by atoms with Crippen molar-refractivity contribution in [1.82, 2.24) is 14.2 Å². The summed E-state index contributed by atoms with van der Waals surface area (Å²) in [6.07, 6.45) is 2.39. The fourth-order valence-corrected chi connectivity index (χ4v) is 6.89. The summed E-state index contributed by atoms with van der Waals surface area (Å²) in [7, 11) is 0.287. The topological polar surface area (TPSA) is 95.0 Å². The molecule has 172 valence electrons. The average Bonchev–Trinajstić information content (AvgIpc) is 3.49. The Morgan fingerprint density at radius 2 is 2.00 bits per heavy atom. The van der Waals surface area contributed by atoms with E-state index in [-0.39, 0.29) is 12.2 Å². The Morgan fingerprint density at radius 1 is 1.19 bits per heavy atom. The molecule has 3 saturated heterocycles. The molecule has 3 fully saturated rings. The Labute approximate surface area is 187 Å². The molecular formula is C22H28N3O6P. The molecule has 32 heavy (non-hydrogen) atoms. The maximum absolute atomic E-state index is 12.4. The van der Waals surface area contributed by atoms with E-state index in [1.54, 1.807) is 7.11 Å². The number of rotatable bonds is 6. The van der Waals surface area contributed by atoms with E-state index in [1.165, 1.54) is 16.8 Å². The van der Waals surface area contributed by atoms with Gasteiger partial charge in [0, 0.05) is 32.0 Å². The molecule has 2 aromatic rings. The highest BCUT2D eigenvalue weighted by Crippen LogP contribution is 2.61. The molecule has 5 rings (SSSR count). The summed E-state index contributed by atoms with van der Waals surface area (Å²) in [5.74, 6) is 0. The fourth-order valence-electron chi connectivity index (χ4n) is 4.90. The lowest BCUT2D eigenvalue weighted by Gasteiger charge is -2.28. The molecule has 7 atom stereocenters. The Kier molecular flexibility index (Phi) is 6.29. The molecular weight excluding hydrogens is 433 g/mol. The minimum absolute atomic E-state index is 0.0224. The first-order valence-corrected chi connectivity index (χ1v) is 12.2. The van der Waals surface area contributed by atoms with E-state index in [1.807, 2.05) is 25.1 Å². The van der Waals surface area contributed by atoms with Crippen LogP contribution in [0.2, 0.25) is 0 Å². The number of nitrogens with one attached hydrogen (secondary N) is 1. The first kappa shape index (κ1) is 21.9. The third-order valence-electron chi connectivity index (χ3n) is 6.46. The summed E-state index contributed by atoms with van der Waals surface area (Å²) in [5, 5.41) is 0. The van der Waals surface area contributed by atoms with Crippen molar-refractivity contribution < 1.29 is 18.5 Å². The summed E-state index contributed by atoms with van der Waals surface area (Å²) in [6.45, 7) is 2.95. The summed E-state index contributed by atoms with van der Waals surface area (Å²) >= 11 is 0. The maximum atomic E-state index is 12.4. The number of benzene rings is 1. The normalized spacial score (nSPS) is 34.8. The van der Waals surface area contributed by atoms with Crippen molar-refractivity contribution in [2.24, 2.45) is 0 Å². The van der Waals surface area contributed by atoms with Gasteiger partial charge in [0.2, 0.25) is 0 Å². The molecule has 3 aliphatic rings. The van der Waals surface area contributed by atoms with Crippen molar-refractivity contribution in [2.75, 3.05) is 13.7 Å². The van der Waals surface area contributed by atoms with Crippen molar-refractivity contribution in [3.8, 4) is 0 Å². The second-order valence-electron chi connectivity index (χ2n) is 8.31. The predicted octanol–water partition coefficient (Wildman–Crippen LogP) is 2.71. The van der Waals surface area contributed by atoms with Gasteiger partial charge >= 0.3 is 5.69 Å². The molecule has 0 saturated carbocycles. The number of hydrogen-bond acceptors (Lipinski definition) is 7. The number of ether oxygens (including phenoxy) is 2. The molecule has 0 amide bonds. The van der Waals surface area contributed by atoms with Crippen molar-refractivity contribution >= 4 is 8.53 Å². The lowest BCUT2D eigenvalue weighted by molar-refractivity contribution is -0.0538. The Balaban J connectivity index is 1.40. The van der Waals surface area contributed by atoms with Gasteiger partial charge in [0.15, 0.2) is 6.23 Å². The summed E-state index contributed by atoms with van der Waals surface area (Å²) < 4.78 is 28.7. The largest absolute Gasteiger partial charge is 0.374 e. The van der Waals surface area contributed by atoms with E-state index in [0.717, 1.165) is 24.9 Å². The smallest absolute Gasteiger partial charge is 0.330 e. The molecule has 10 heteroatoms. The van der Waals surface area contributed by atoms with Gasteiger partial charge in [0.1, 0.15) is 18.3 Å². The van der Waals surface area contributed by atoms with Gasteiger partial charge in [-0.3, -0.25) is 14.3 Å². The number of aromatic amines is 1. The van der Waals surface area contributed by atoms with Crippen LogP contribution in [0.1, 0.15) is 44.1 Å². The zero-order valence-corrected chi connectivity index (χ0v) is 19.0. The van der Waals surface area contributed by atoms with Gasteiger partial charge < -0.3 is 18.5 Å². The number of hydrogen-bond donors (Lipinski definition) is 1. The highest BCUT2D eigenvalue weighted by Gasteiger charge is 2.53. The summed E-state index contributed by atoms with van der Waals surface area (Å²) in [5.41, 5.74) is 0.174. The van der Waals surface area contributed by atoms with Crippen LogP contribution in [0.3, 0.4) is 0 Å². The van der Waals surface area contributed by atoms with E-state index in [0.29, 0.717) is 12.5 Å². The van der Waals surface area contributed by atoms with Crippen LogP contribution in [0.5, 0.6) is 0 Å². The number of aromatic nitrogens is 2. The van der Waals surface area contributed by atoms with E-state index in [4.69, 9.17) is 18.5 Å². The van der Waals surface area contributed by atoms with Crippen molar-refractivity contribution in [2.45, 2.75) is 62.9 Å². The van der Waals surface area contributed by atoms with Crippen LogP contribution < -0.4 is 11.2 Å². The Morgan fingerprint density at radius 3 is 2.72 bits per heavy atom. The highest BCUT2D eigenvalue weighted by molar-refractivity contribution is 7.45. The number of methoxy groups -OCH3 is 1. The van der Waals surface area contributed by atoms with Gasteiger partial charge in [-0.05, 0) is 24.8 Å². The molecule has 3 aliphatic heterocycles. The monoisotopic (exact) mass is 461 g/mol. The van der Waals surface area contributed by atoms with Crippen LogP contribution in [-0.2, 0) is 18.5 Å². The van der Waals surface area contributed by atoms with Crippen LogP contribution in [0.25, 0.3) is 0 Å². The van der Waals surface area contributed by atoms with Crippen LogP contribution in [0.4, 0.5) is 0 Å². The molecule has 0 bridgehead atoms. The SMILES string of the molecule is CC[C@H]1O[C@@H](n2ccc(=O)[nH]c2=O)C(OC)[C@H]1O[P@]1O[C@@H](c2ccccc2)[C@H]2CCCN21. The summed E-state index contributed by atoms with van der Waals surface area (Å²) in [6, 6.07) is 11.9. The van der Waals surface area contributed by atoms with E-state index >= 15 is 0 Å². The zero-order chi connectivity index (χ0) is 22.2. The first-order chi connectivity index (χ1) is 15.6. The van der Waals surface area contributed by atoms with E-state index in [9.17, 15) is 9.59 Å². The minimum Gasteiger partial charge on any atom is -0.374 e. The molecule has 4 heterocycles. The predicted molar refractivity (Wildman–Crippen MR) is 118 cm³/mol. The number of H-pyrrole nitrogens is 1. The van der Waals surface area contributed by atoms with Crippen LogP contribution in [0.15, 0.2) is 52.2 Å². The molecule has 1 aromatic carbocycles. The first-order valence-electron chi connectivity index (χ1n) is 11.1. The van der Waals surface area contributed by atoms with Gasteiger partial charge in [-0.1, -0.05) is 37.3 Å². The third kappa shape index (κ3) is 3.87. The van der Waals surface area contributed by atoms with Crippen molar-refractivity contribution in [3.05, 3.63) is 69.0 Å². The van der Waals surface area contributed by atoms with Crippen LogP contribution in [0, 0.1) is 0 Å². The second-order valence-corrected chi connectivity index (χ2v) is 9.72. The van der Waals surface area contributed by atoms with Crippen molar-refractivity contribution in [3.63, 3.8) is 0 Å². The molecule has 1 N–H and O–H groups in total. The zero-order valence-electron chi connectivity index (χ0n) is 18.1. The molecule has 0 spiro atoms. The van der Waals surface area contributed by atoms with Crippen LogP contribution >= 0.6 is 8.53 Å². The van der Waals surface area contributed by atoms with Gasteiger partial charge in [-0.15, -0.1) is 0 Å². The lowest BCUT2D eigenvalue weighted by atomic mass is 10.0. The Hall–Kier alpha value is -1.87. The van der Waals surface area contributed by atoms with Crippen LogP contribution in [-0.4, -0.2) is 52.2 Å². The minimum atomic E-state index is -1.30. The van der Waals surface area contributed by atoms with Crippen molar-refractivity contribution in [1.29, 1.82) is 0 Å². The highest BCUT2D eigenvalue weighted by atomic mass is 31.2. The van der Waals surface area contributed by atoms with Gasteiger partial charge in [-0.25, -0.2) is 9.46 Å². The van der Waals surface area contributed by atoms with Gasteiger partial charge in [-0.2, -0.15) is 0 Å². The third-order valence-corrected chi connectivity index (χ3v) is 8.21. The number of nitrogens with zero attached hydrogens (tertiary/aromatic N) is 2. The fraction of sp³-hybridized carbons (Fsp3) is 0.545. The van der Waals surface area contributed by atoms with E-state index < -0.39 is 38.2 Å². The van der Waals surface area contributed by atoms with Gasteiger partial charge in [0.05, 0.1) is 6.10 Å². The molecule has 1 aromatic heterocycles. The lowest BCUT2D eigenvalue weighted by Crippen LogP contribution is -2.39. The molecule has 9 nitrogen and oxygen atoms in total. The second kappa shape index (κ2) is 9.17.